The van der Waals surface area contributed by atoms with Crippen molar-refractivity contribution in [3.05, 3.63) is 89.1 Å². The molecule has 3 aliphatic heterocycles. The quantitative estimate of drug-likeness (QED) is 0.0768. The number of carbonyl (C=O) groups excluding carboxylic acids is 6. The van der Waals surface area contributed by atoms with Crippen LogP contribution in [0.5, 0.6) is 5.88 Å². The van der Waals surface area contributed by atoms with Crippen LogP contribution in [0.2, 0.25) is 0 Å². The third kappa shape index (κ3) is 8.89. The van der Waals surface area contributed by atoms with Crippen molar-refractivity contribution in [1.82, 2.24) is 25.4 Å². The fourth-order valence-corrected chi connectivity index (χ4v) is 7.84. The van der Waals surface area contributed by atoms with Crippen LogP contribution in [0.1, 0.15) is 42.2 Å². The van der Waals surface area contributed by atoms with Crippen LogP contribution in [0.15, 0.2) is 78.0 Å². The molecule has 5 atom stereocenters. The molecule has 4 heterocycles. The summed E-state index contributed by atoms with van der Waals surface area (Å²) in [6, 6.07) is 13.8. The molecule has 0 bridgehead atoms. The van der Waals surface area contributed by atoms with Gasteiger partial charge in [0.2, 0.25) is 17.7 Å². The number of amides is 5. The summed E-state index contributed by atoms with van der Waals surface area (Å²) in [5.41, 5.74) is 1.01. The summed E-state index contributed by atoms with van der Waals surface area (Å²) in [6.07, 6.45) is -0.685. The number of β-lactam (4-membered cyclic amide) rings is 1. The molecule has 2 saturated heterocycles. The maximum absolute atomic E-state index is 13.7. The number of nitrogens with zero attached hydrogens (tertiary/aromatic N) is 3. The van der Waals surface area contributed by atoms with Gasteiger partial charge in [-0.1, -0.05) is 42.5 Å². The minimum Gasteiger partial charge on any atom is -0.858 e. The third-order valence-corrected chi connectivity index (χ3v) is 10.5. The van der Waals surface area contributed by atoms with Crippen LogP contribution < -0.4 is 50.6 Å². The fourth-order valence-electron chi connectivity index (χ4n) is 6.51. The van der Waals surface area contributed by atoms with Crippen LogP contribution in [0.3, 0.4) is 0 Å². The van der Waals surface area contributed by atoms with Gasteiger partial charge in [-0.25, -0.2) is 4.79 Å². The van der Waals surface area contributed by atoms with E-state index in [1.165, 1.54) is 42.6 Å². The van der Waals surface area contributed by atoms with Crippen LogP contribution in [-0.4, -0.2) is 109 Å². The number of aliphatic hydroxyl groups excluding tert-OH is 1. The second kappa shape index (κ2) is 17.7. The van der Waals surface area contributed by atoms with Gasteiger partial charge in [-0.3, -0.25) is 38.7 Å². The minimum atomic E-state index is -1.39. The summed E-state index contributed by atoms with van der Waals surface area (Å²) in [6.45, 7) is 2.27. The zero-order valence-electron chi connectivity index (χ0n) is 30.4. The maximum Gasteiger partial charge on any atom is 1.00 e. The Bertz CT molecular complexity index is 2100. The monoisotopic (exact) mass is 794 g/mol. The Labute approximate surface area is 346 Å². The number of rotatable bonds is 11. The summed E-state index contributed by atoms with van der Waals surface area (Å²) < 4.78 is 4.95. The molecule has 5 unspecified atom stereocenters. The van der Waals surface area contributed by atoms with E-state index in [0.29, 0.717) is 16.8 Å². The molecule has 19 heteroatoms. The zero-order valence-corrected chi connectivity index (χ0v) is 33.2. The van der Waals surface area contributed by atoms with Crippen LogP contribution in [-0.2, 0) is 33.5 Å². The number of aromatic nitrogens is 1. The fraction of sp³-hybridized carbons (Fsp3) is 0.297. The van der Waals surface area contributed by atoms with Gasteiger partial charge in [-0.2, -0.15) is 0 Å². The van der Waals surface area contributed by atoms with Gasteiger partial charge in [0.1, 0.15) is 35.8 Å². The van der Waals surface area contributed by atoms with Gasteiger partial charge in [-0.15, -0.1) is 11.8 Å². The third-order valence-electron chi connectivity index (χ3n) is 9.21. The van der Waals surface area contributed by atoms with Crippen molar-refractivity contribution >= 4 is 58.9 Å². The van der Waals surface area contributed by atoms with E-state index in [1.54, 1.807) is 54.6 Å². The van der Waals surface area contributed by atoms with E-state index >= 15 is 0 Å². The van der Waals surface area contributed by atoms with Crippen molar-refractivity contribution in [3.8, 4) is 17.1 Å². The number of β-amino-alcohol motifs (C(OH)–C–C–N with tert-alkyl or cyclic N) is 1. The Kier molecular flexibility index (Phi) is 13.2. The van der Waals surface area contributed by atoms with Crippen molar-refractivity contribution in [2.24, 2.45) is 0 Å². The Morgan fingerprint density at radius 2 is 1.71 bits per heavy atom. The molecule has 2 aromatic carbocycles. The largest absolute Gasteiger partial charge is 1.00 e. The van der Waals surface area contributed by atoms with Crippen LogP contribution in [0, 0.1) is 0 Å². The first kappa shape index (κ1) is 41.9. The molecule has 286 valence electrons. The molecule has 0 saturated carbocycles. The van der Waals surface area contributed by atoms with Crippen molar-refractivity contribution < 1.29 is 83.2 Å². The number of thioether (sulfide) groups is 1. The van der Waals surface area contributed by atoms with Gasteiger partial charge in [0, 0.05) is 55.3 Å². The molecule has 6 rings (SSSR count). The van der Waals surface area contributed by atoms with Gasteiger partial charge in [-0.05, 0) is 29.8 Å². The van der Waals surface area contributed by atoms with E-state index in [0.717, 1.165) is 4.90 Å². The zero-order chi connectivity index (χ0) is 39.6. The number of esters is 1. The molecule has 3 aromatic rings. The van der Waals surface area contributed by atoms with E-state index in [1.807, 2.05) is 0 Å². The molecule has 2 fully saturated rings. The number of benzene rings is 2. The number of pyridine rings is 1. The number of aliphatic hydroxyl groups is 1. The molecular formula is C37H35N6NaO11S. The van der Waals surface area contributed by atoms with Crippen molar-refractivity contribution in [3.63, 3.8) is 0 Å². The number of carboxylic acid groups (broad SMARTS) is 1. The SMILES string of the molecule is CC(=O)OCC1=C(C(=O)O)N2C(=O)C(NC(=O)C(NC(=O)c3ccc(-c4ccc(NC(=O)C5CC(O)CN5C(C)=O)cc4)nc3[O-])c3ccccc3)C2SC1.[Na+]. The van der Waals surface area contributed by atoms with E-state index in [9.17, 15) is 48.9 Å². The summed E-state index contributed by atoms with van der Waals surface area (Å²) in [7, 11) is 0. The van der Waals surface area contributed by atoms with E-state index in [4.69, 9.17) is 4.74 Å². The van der Waals surface area contributed by atoms with Crippen LogP contribution in [0.4, 0.5) is 5.69 Å². The summed E-state index contributed by atoms with van der Waals surface area (Å²) in [5, 5.41) is 40.0. The number of carbonyl (C=O) groups is 7. The van der Waals surface area contributed by atoms with E-state index in [2.05, 4.69) is 20.9 Å². The number of hydrogen-bond acceptors (Lipinski definition) is 12. The Morgan fingerprint density at radius 1 is 1.02 bits per heavy atom. The molecule has 0 aliphatic carbocycles. The molecule has 56 heavy (non-hydrogen) atoms. The minimum absolute atomic E-state index is 0. The molecule has 0 spiro atoms. The Balaban J connectivity index is 0.00000600. The predicted octanol–water partition coefficient (Wildman–Crippen LogP) is -2.48. The first-order valence-corrected chi connectivity index (χ1v) is 18.0. The number of aliphatic carboxylic acids is 1. The normalized spacial score (nSPS) is 20.4. The topological polar surface area (TPSA) is 248 Å². The number of anilines is 1. The second-order valence-corrected chi connectivity index (χ2v) is 14.0. The van der Waals surface area contributed by atoms with Crippen LogP contribution in [0.25, 0.3) is 11.3 Å². The van der Waals surface area contributed by atoms with Crippen molar-refractivity contribution in [2.75, 3.05) is 24.2 Å². The number of hydrogen-bond donors (Lipinski definition) is 5. The average Bonchev–Trinajstić information content (AvgIpc) is 3.57. The number of fused-ring (bicyclic) bond motifs is 1. The van der Waals surface area contributed by atoms with Gasteiger partial charge >= 0.3 is 41.5 Å². The average molecular weight is 795 g/mol. The Morgan fingerprint density at radius 3 is 2.34 bits per heavy atom. The van der Waals surface area contributed by atoms with Crippen LogP contribution >= 0.6 is 11.8 Å². The number of ether oxygens (including phenoxy) is 1. The Hall–Kier alpha value is -5.27. The molecular weight excluding hydrogens is 759 g/mol. The van der Waals surface area contributed by atoms with Gasteiger partial charge < -0.3 is 40.9 Å². The van der Waals surface area contributed by atoms with Gasteiger partial charge in [0.15, 0.2) is 0 Å². The van der Waals surface area contributed by atoms with Crippen molar-refractivity contribution in [1.29, 1.82) is 0 Å². The number of likely N-dealkylation sites (tertiary alicyclic amines) is 1. The summed E-state index contributed by atoms with van der Waals surface area (Å²) in [5.74, 6) is -5.95. The molecule has 0 radical (unpaired) electrons. The smallest absolute Gasteiger partial charge is 0.858 e. The molecule has 1 aromatic heterocycles. The first-order valence-electron chi connectivity index (χ1n) is 17.0. The summed E-state index contributed by atoms with van der Waals surface area (Å²) >= 11 is 1.18. The second-order valence-electron chi connectivity index (χ2n) is 12.9. The standard InChI is InChI=1S/C37H36N6O11S.Na/c1-18(44)42-15-24(46)14-27(42)33(49)38-23-10-8-20(9-11-23)26-13-12-25(31(47)39-26)32(48)40-28(21-6-4-3-5-7-21)34(50)41-29-35(51)43-30(37(52)53)22(16-54-19(2)45)17-55-36(29)43;/h3-13,24,27-29,36,46H,14-17H2,1-2H3,(H,38,49)(H,39,47)(H,40,48)(H,41,50)(H,52,53);/q;+1/p-1. The van der Waals surface area contributed by atoms with E-state index in [-0.39, 0.29) is 83.3 Å². The summed E-state index contributed by atoms with van der Waals surface area (Å²) in [4.78, 5) is 94.9. The van der Waals surface area contributed by atoms with Gasteiger partial charge in [0.05, 0.1) is 17.4 Å². The van der Waals surface area contributed by atoms with Crippen molar-refractivity contribution in [2.45, 2.75) is 49.9 Å². The molecule has 3 aliphatic rings. The predicted molar refractivity (Wildman–Crippen MR) is 193 cm³/mol. The first-order chi connectivity index (χ1) is 26.2. The van der Waals surface area contributed by atoms with E-state index < -0.39 is 71.1 Å². The van der Waals surface area contributed by atoms with Gasteiger partial charge in [0.25, 0.3) is 11.8 Å². The molecule has 5 N–H and O–H groups in total. The molecule has 5 amide bonds. The maximum atomic E-state index is 13.7. The number of nitrogens with one attached hydrogen (secondary N) is 3. The molecule has 17 nitrogen and oxygen atoms in total. The number of carboxylic acids is 1.